The monoisotopic (exact) mass is 448 g/mol. The molecule has 1 aromatic rings. The van der Waals surface area contributed by atoms with Gasteiger partial charge in [0.05, 0.1) is 24.9 Å². The molecule has 8 nitrogen and oxygen atoms in total. The molecule has 2 aliphatic rings. The average molecular weight is 449 g/mol. The van der Waals surface area contributed by atoms with Crippen molar-refractivity contribution in [3.63, 3.8) is 0 Å². The Kier molecular flexibility index (Phi) is 9.11. The van der Waals surface area contributed by atoms with Crippen molar-refractivity contribution in [1.29, 1.82) is 0 Å². The summed E-state index contributed by atoms with van der Waals surface area (Å²) < 4.78 is 14.7. The van der Waals surface area contributed by atoms with Crippen LogP contribution in [0.4, 0.5) is 10.1 Å². The number of likely N-dealkylation sites (tertiary alicyclic amines) is 1. The van der Waals surface area contributed by atoms with Gasteiger partial charge in [-0.05, 0) is 50.3 Å². The van der Waals surface area contributed by atoms with Gasteiger partial charge in [0, 0.05) is 45.8 Å². The smallest absolute Gasteiger partial charge is 0.233 e. The fourth-order valence-corrected chi connectivity index (χ4v) is 4.21. The molecule has 2 fully saturated rings. The third-order valence-corrected chi connectivity index (χ3v) is 6.16. The lowest BCUT2D eigenvalue weighted by atomic mass is 10.1. The Morgan fingerprint density at radius 1 is 1.19 bits per heavy atom. The van der Waals surface area contributed by atoms with Crippen LogP contribution in [0.5, 0.6) is 0 Å². The van der Waals surface area contributed by atoms with Crippen LogP contribution in [0, 0.1) is 5.82 Å². The van der Waals surface area contributed by atoms with Crippen LogP contribution >= 0.6 is 0 Å². The van der Waals surface area contributed by atoms with E-state index in [0.29, 0.717) is 50.7 Å². The van der Waals surface area contributed by atoms with E-state index in [1.807, 2.05) is 24.0 Å². The topological polar surface area (TPSA) is 92.2 Å². The number of nitrogens with zero attached hydrogens (tertiary/aromatic N) is 3. The zero-order valence-electron chi connectivity index (χ0n) is 19.2. The van der Waals surface area contributed by atoms with Gasteiger partial charge in [-0.15, -0.1) is 0 Å². The number of halogens is 1. The minimum atomic E-state index is -0.275. The number of carbonyl (C=O) groups excluding carboxylic acids is 1. The highest BCUT2D eigenvalue weighted by Crippen LogP contribution is 2.24. The lowest BCUT2D eigenvalue weighted by Gasteiger charge is -2.32. The molecule has 0 unspecified atom stereocenters. The first-order valence-electron chi connectivity index (χ1n) is 11.7. The standard InChI is InChI=1S/C23H37FN6O2/c1-3-26-23(28-18-6-10-29(11-7-18)16-22(32)25-2)27-15-17-4-5-21(20(24)14-17)30-12-8-19(31)9-13-30/h4-5,14,18-19,31H,3,6-13,15-16H2,1-2H3,(H,25,32)(H2,26,27,28). The summed E-state index contributed by atoms with van der Waals surface area (Å²) in [5, 5.41) is 19.1. The third kappa shape index (κ3) is 7.06. The summed E-state index contributed by atoms with van der Waals surface area (Å²) in [5.41, 5.74) is 1.42. The summed E-state index contributed by atoms with van der Waals surface area (Å²) in [6, 6.07) is 5.60. The predicted molar refractivity (Wildman–Crippen MR) is 125 cm³/mol. The van der Waals surface area contributed by atoms with E-state index in [9.17, 15) is 14.3 Å². The van der Waals surface area contributed by atoms with Crippen LogP contribution in [-0.4, -0.2) is 80.3 Å². The first-order chi connectivity index (χ1) is 15.5. The number of amides is 1. The van der Waals surface area contributed by atoms with E-state index in [-0.39, 0.29) is 17.8 Å². The highest BCUT2D eigenvalue weighted by atomic mass is 19.1. The van der Waals surface area contributed by atoms with Gasteiger partial charge in [-0.3, -0.25) is 9.69 Å². The van der Waals surface area contributed by atoms with Crippen LogP contribution in [-0.2, 0) is 11.3 Å². The number of aliphatic imine (C=N–C) groups is 1. The molecule has 1 amide bonds. The number of aliphatic hydroxyl groups excluding tert-OH is 1. The van der Waals surface area contributed by atoms with Gasteiger partial charge in [0.25, 0.3) is 0 Å². The van der Waals surface area contributed by atoms with E-state index in [1.54, 1.807) is 13.1 Å². The Morgan fingerprint density at radius 3 is 2.53 bits per heavy atom. The zero-order chi connectivity index (χ0) is 22.9. The normalized spacial score (nSPS) is 19.1. The van der Waals surface area contributed by atoms with Crippen LogP contribution in [0.1, 0.15) is 38.2 Å². The van der Waals surface area contributed by atoms with Crippen molar-refractivity contribution >= 4 is 17.6 Å². The van der Waals surface area contributed by atoms with Crippen LogP contribution < -0.4 is 20.9 Å². The molecule has 9 heteroatoms. The molecule has 0 aliphatic carbocycles. The van der Waals surface area contributed by atoms with Crippen LogP contribution in [0.15, 0.2) is 23.2 Å². The largest absolute Gasteiger partial charge is 0.393 e. The van der Waals surface area contributed by atoms with Crippen molar-refractivity contribution in [1.82, 2.24) is 20.9 Å². The van der Waals surface area contributed by atoms with Gasteiger partial charge < -0.3 is 26.0 Å². The molecule has 0 saturated carbocycles. The van der Waals surface area contributed by atoms with E-state index >= 15 is 0 Å². The minimum Gasteiger partial charge on any atom is -0.393 e. The zero-order valence-corrected chi connectivity index (χ0v) is 19.2. The van der Waals surface area contributed by atoms with Gasteiger partial charge >= 0.3 is 0 Å². The molecule has 2 aliphatic heterocycles. The Morgan fingerprint density at radius 2 is 1.91 bits per heavy atom. The van der Waals surface area contributed by atoms with E-state index in [4.69, 9.17) is 0 Å². The van der Waals surface area contributed by atoms with Crippen molar-refractivity contribution in [3.8, 4) is 0 Å². The molecular weight excluding hydrogens is 411 g/mol. The Hall–Kier alpha value is -2.39. The van der Waals surface area contributed by atoms with E-state index in [2.05, 4.69) is 25.8 Å². The molecule has 1 aromatic carbocycles. The molecule has 0 aromatic heterocycles. The molecule has 2 heterocycles. The van der Waals surface area contributed by atoms with Crippen molar-refractivity contribution in [2.45, 2.75) is 51.3 Å². The molecule has 0 bridgehead atoms. The quantitative estimate of drug-likeness (QED) is 0.368. The summed E-state index contributed by atoms with van der Waals surface area (Å²) in [6.45, 7) is 6.67. The highest BCUT2D eigenvalue weighted by Gasteiger charge is 2.22. The van der Waals surface area contributed by atoms with Crippen molar-refractivity contribution in [3.05, 3.63) is 29.6 Å². The molecule has 3 rings (SSSR count). The first-order valence-corrected chi connectivity index (χ1v) is 11.7. The van der Waals surface area contributed by atoms with Crippen LogP contribution in [0.25, 0.3) is 0 Å². The molecule has 32 heavy (non-hydrogen) atoms. The summed E-state index contributed by atoms with van der Waals surface area (Å²) in [7, 11) is 1.66. The number of rotatable bonds is 7. The van der Waals surface area contributed by atoms with Gasteiger partial charge in [0.1, 0.15) is 5.82 Å². The average Bonchev–Trinajstić information content (AvgIpc) is 2.79. The fraction of sp³-hybridized carbons (Fsp3) is 0.652. The van der Waals surface area contributed by atoms with E-state index < -0.39 is 0 Å². The maximum absolute atomic E-state index is 14.7. The second-order valence-corrected chi connectivity index (χ2v) is 8.57. The number of anilines is 1. The second-order valence-electron chi connectivity index (χ2n) is 8.57. The van der Waals surface area contributed by atoms with Gasteiger partial charge in [0.15, 0.2) is 5.96 Å². The number of carbonyl (C=O) groups is 1. The Bertz CT molecular complexity index is 774. The van der Waals surface area contributed by atoms with Gasteiger partial charge in [-0.25, -0.2) is 9.38 Å². The number of nitrogens with one attached hydrogen (secondary N) is 3. The fourth-order valence-electron chi connectivity index (χ4n) is 4.21. The third-order valence-electron chi connectivity index (χ3n) is 6.16. The predicted octanol–water partition coefficient (Wildman–Crippen LogP) is 1.05. The SMILES string of the molecule is CCNC(=NCc1ccc(N2CCC(O)CC2)c(F)c1)NC1CCN(CC(=O)NC)CC1. The molecule has 0 atom stereocenters. The van der Waals surface area contributed by atoms with Crippen molar-refractivity contribution in [2.24, 2.45) is 4.99 Å². The lowest BCUT2D eigenvalue weighted by molar-refractivity contribution is -0.122. The molecule has 2 saturated heterocycles. The number of aliphatic hydroxyl groups is 1. The number of guanidine groups is 1. The molecular formula is C23H37FN6O2. The molecule has 4 N–H and O–H groups in total. The van der Waals surface area contributed by atoms with E-state index in [0.717, 1.165) is 44.0 Å². The maximum Gasteiger partial charge on any atom is 0.233 e. The van der Waals surface area contributed by atoms with E-state index in [1.165, 1.54) is 0 Å². The highest BCUT2D eigenvalue weighted by molar-refractivity contribution is 5.80. The van der Waals surface area contributed by atoms with Gasteiger partial charge in [-0.2, -0.15) is 0 Å². The van der Waals surface area contributed by atoms with Crippen molar-refractivity contribution < 1.29 is 14.3 Å². The first kappa shape index (κ1) is 24.3. The number of piperidine rings is 2. The number of likely N-dealkylation sites (N-methyl/N-ethyl adjacent to an activating group) is 1. The lowest BCUT2D eigenvalue weighted by Crippen LogP contribution is -2.50. The molecule has 0 radical (unpaired) electrons. The van der Waals surface area contributed by atoms with Gasteiger partial charge in [0.2, 0.25) is 5.91 Å². The van der Waals surface area contributed by atoms with Crippen molar-refractivity contribution in [2.75, 3.05) is 51.2 Å². The van der Waals surface area contributed by atoms with Crippen LogP contribution in [0.3, 0.4) is 0 Å². The molecule has 178 valence electrons. The minimum absolute atomic E-state index is 0.0439. The summed E-state index contributed by atoms with van der Waals surface area (Å²) in [5.74, 6) is 0.532. The summed E-state index contributed by atoms with van der Waals surface area (Å²) in [4.78, 5) is 20.4. The number of hydrogen-bond acceptors (Lipinski definition) is 5. The molecule has 0 spiro atoms. The summed E-state index contributed by atoms with van der Waals surface area (Å²) in [6.07, 6.45) is 2.95. The summed E-state index contributed by atoms with van der Waals surface area (Å²) >= 11 is 0. The number of benzene rings is 1. The Balaban J connectivity index is 1.53. The Labute approximate surface area is 190 Å². The maximum atomic E-state index is 14.7. The second kappa shape index (κ2) is 12.0. The number of hydrogen-bond donors (Lipinski definition) is 4. The van der Waals surface area contributed by atoms with Crippen LogP contribution in [0.2, 0.25) is 0 Å². The van der Waals surface area contributed by atoms with Gasteiger partial charge in [-0.1, -0.05) is 6.07 Å².